The van der Waals surface area contributed by atoms with Crippen LogP contribution in [0.2, 0.25) is 0 Å². The Labute approximate surface area is 254 Å². The lowest BCUT2D eigenvalue weighted by atomic mass is 10.0. The largest absolute Gasteiger partial charge is 0.462 e. The number of amides is 1. The quantitative estimate of drug-likeness (QED) is 0.300. The van der Waals surface area contributed by atoms with Crippen molar-refractivity contribution in [2.75, 3.05) is 56.2 Å². The van der Waals surface area contributed by atoms with Crippen LogP contribution in [0.25, 0.3) is 15.6 Å². The molecule has 0 spiro atoms. The fourth-order valence-corrected chi connectivity index (χ4v) is 6.87. The van der Waals surface area contributed by atoms with Crippen LogP contribution in [0.1, 0.15) is 37.9 Å². The molecule has 224 valence electrons. The van der Waals surface area contributed by atoms with E-state index in [0.717, 1.165) is 42.9 Å². The summed E-state index contributed by atoms with van der Waals surface area (Å²) in [5.41, 5.74) is 3.46. The normalized spacial score (nSPS) is 21.9. The van der Waals surface area contributed by atoms with Crippen LogP contribution < -0.4 is 14.5 Å². The van der Waals surface area contributed by atoms with E-state index < -0.39 is 0 Å². The third-order valence-electron chi connectivity index (χ3n) is 9.67. The van der Waals surface area contributed by atoms with Gasteiger partial charge in [0.25, 0.3) is 0 Å². The number of piperazine rings is 1. The molecule has 3 aliphatic heterocycles. The molecule has 4 heterocycles. The third kappa shape index (κ3) is 5.64. The number of fused-ring (bicyclic) bond motifs is 2. The predicted octanol–water partition coefficient (Wildman–Crippen LogP) is 4.57. The van der Waals surface area contributed by atoms with Gasteiger partial charge in [0.2, 0.25) is 12.5 Å². The summed E-state index contributed by atoms with van der Waals surface area (Å²) < 4.78 is 6.38. The number of likely N-dealkylation sites (N-methyl/N-ethyl adjacent to an activating group) is 1. The number of aromatic nitrogens is 2. The summed E-state index contributed by atoms with van der Waals surface area (Å²) in [7, 11) is 2.17. The monoisotopic (exact) mass is 579 g/mol. The first-order valence-corrected chi connectivity index (χ1v) is 15.3. The van der Waals surface area contributed by atoms with Gasteiger partial charge in [-0.15, -0.1) is 0 Å². The minimum Gasteiger partial charge on any atom is -0.462 e. The molecule has 9 heteroatoms. The Bertz CT molecular complexity index is 1560. The van der Waals surface area contributed by atoms with Crippen molar-refractivity contribution >= 4 is 28.2 Å². The van der Waals surface area contributed by atoms with Crippen LogP contribution in [0, 0.1) is 6.57 Å². The standard InChI is InChI=1S/C34H41N7O2/c1-6-31(42)41-19-18-40(21-26(41)20-35-4)32-28-15-17-39(30-13-9-11-24-10-7-8-12-27(24)30)22-29(28)36-33(37-32)43-23-25-14-16-34(2,3)38(25)5/h6-13,25-26H,1,14-23H2,2-3,5H3/t25-,26?/m0/s1. The SMILES string of the molecule is [C-]#[N+]CC1CN(c2nc(OC[C@@H]3CCC(C)(C)N3C)nc3c2CCN(c2cccc4ccccc24)C3)CCN1C(=O)C=C. The van der Waals surface area contributed by atoms with E-state index in [1.807, 2.05) is 0 Å². The molecule has 9 nitrogen and oxygen atoms in total. The fourth-order valence-electron chi connectivity index (χ4n) is 6.87. The van der Waals surface area contributed by atoms with Gasteiger partial charge in [0.15, 0.2) is 0 Å². The van der Waals surface area contributed by atoms with Crippen LogP contribution >= 0.6 is 0 Å². The zero-order valence-corrected chi connectivity index (χ0v) is 25.5. The summed E-state index contributed by atoms with van der Waals surface area (Å²) >= 11 is 0. The van der Waals surface area contributed by atoms with E-state index in [1.54, 1.807) is 4.90 Å². The smallest absolute Gasteiger partial charge is 0.318 e. The summed E-state index contributed by atoms with van der Waals surface area (Å²) in [6, 6.07) is 15.4. The van der Waals surface area contributed by atoms with Crippen LogP contribution in [-0.4, -0.2) is 89.7 Å². The van der Waals surface area contributed by atoms with E-state index in [9.17, 15) is 4.79 Å². The van der Waals surface area contributed by atoms with E-state index in [1.165, 1.54) is 22.5 Å². The van der Waals surface area contributed by atoms with Crippen molar-refractivity contribution in [1.82, 2.24) is 19.8 Å². The van der Waals surface area contributed by atoms with Crippen LogP contribution in [0.5, 0.6) is 6.01 Å². The first-order chi connectivity index (χ1) is 20.8. The molecule has 0 N–H and O–H groups in total. The Balaban J connectivity index is 1.32. The summed E-state index contributed by atoms with van der Waals surface area (Å²) in [6.45, 7) is 19.7. The molecule has 3 aromatic rings. The lowest BCUT2D eigenvalue weighted by Crippen LogP contribution is -2.56. The van der Waals surface area contributed by atoms with Gasteiger partial charge >= 0.3 is 6.01 Å². The summed E-state index contributed by atoms with van der Waals surface area (Å²) in [5.74, 6) is 0.745. The highest BCUT2D eigenvalue weighted by Crippen LogP contribution is 2.36. The van der Waals surface area contributed by atoms with Crippen molar-refractivity contribution in [3.05, 3.63) is 77.8 Å². The second kappa shape index (κ2) is 11.8. The molecular formula is C34H41N7O2. The maximum atomic E-state index is 12.6. The van der Waals surface area contributed by atoms with Crippen molar-refractivity contribution in [3.63, 3.8) is 0 Å². The Morgan fingerprint density at radius 3 is 2.70 bits per heavy atom. The number of hydrogen-bond acceptors (Lipinski definition) is 7. The molecule has 43 heavy (non-hydrogen) atoms. The average Bonchev–Trinajstić information content (AvgIpc) is 3.29. The van der Waals surface area contributed by atoms with Crippen LogP contribution in [0.3, 0.4) is 0 Å². The predicted molar refractivity (Wildman–Crippen MR) is 170 cm³/mol. The molecule has 1 amide bonds. The highest BCUT2D eigenvalue weighted by molar-refractivity contribution is 5.94. The molecule has 2 aromatic carbocycles. The van der Waals surface area contributed by atoms with E-state index in [-0.39, 0.29) is 24.0 Å². The molecule has 0 aliphatic carbocycles. The van der Waals surface area contributed by atoms with Gasteiger partial charge in [-0.05, 0) is 57.7 Å². The number of benzene rings is 2. The molecule has 0 saturated carbocycles. The molecule has 1 aromatic heterocycles. The minimum absolute atomic E-state index is 0.128. The number of hydrogen-bond donors (Lipinski definition) is 0. The number of carbonyl (C=O) groups excluding carboxylic acids is 1. The lowest BCUT2D eigenvalue weighted by Gasteiger charge is -2.41. The highest BCUT2D eigenvalue weighted by Gasteiger charge is 2.38. The molecule has 6 rings (SSSR count). The van der Waals surface area contributed by atoms with Gasteiger partial charge in [-0.1, -0.05) is 43.0 Å². The summed E-state index contributed by atoms with van der Waals surface area (Å²) in [4.78, 5) is 35.0. The molecular weight excluding hydrogens is 538 g/mol. The van der Waals surface area contributed by atoms with Crippen molar-refractivity contribution in [2.45, 2.75) is 57.3 Å². The van der Waals surface area contributed by atoms with Crippen molar-refractivity contribution in [2.24, 2.45) is 0 Å². The first-order valence-electron chi connectivity index (χ1n) is 15.3. The number of likely N-dealkylation sites (tertiary alicyclic amines) is 1. The zero-order valence-electron chi connectivity index (χ0n) is 25.5. The van der Waals surface area contributed by atoms with Gasteiger partial charge in [0.1, 0.15) is 18.5 Å². The first kappa shape index (κ1) is 28.9. The van der Waals surface area contributed by atoms with E-state index in [0.29, 0.717) is 44.8 Å². The van der Waals surface area contributed by atoms with E-state index in [4.69, 9.17) is 21.3 Å². The Morgan fingerprint density at radius 1 is 1.12 bits per heavy atom. The number of rotatable bonds is 7. The molecule has 1 unspecified atom stereocenters. The van der Waals surface area contributed by atoms with Crippen molar-refractivity contribution < 1.29 is 9.53 Å². The Kier molecular flexibility index (Phi) is 7.97. The molecule has 0 bridgehead atoms. The van der Waals surface area contributed by atoms with Gasteiger partial charge in [0.05, 0.1) is 12.2 Å². The maximum Gasteiger partial charge on any atom is 0.318 e. The van der Waals surface area contributed by atoms with Crippen molar-refractivity contribution in [1.29, 1.82) is 0 Å². The molecule has 2 fully saturated rings. The third-order valence-corrected chi connectivity index (χ3v) is 9.67. The highest BCUT2D eigenvalue weighted by atomic mass is 16.5. The number of nitrogens with zero attached hydrogens (tertiary/aromatic N) is 7. The fraction of sp³-hybridized carbons (Fsp3) is 0.471. The zero-order chi connectivity index (χ0) is 30.1. The van der Waals surface area contributed by atoms with Crippen LogP contribution in [-0.2, 0) is 17.8 Å². The Hall–Kier alpha value is -4.16. The molecule has 2 atom stereocenters. The van der Waals surface area contributed by atoms with Gasteiger partial charge in [0, 0.05) is 54.4 Å². The summed E-state index contributed by atoms with van der Waals surface area (Å²) in [5, 5.41) is 2.45. The van der Waals surface area contributed by atoms with Crippen molar-refractivity contribution in [3.8, 4) is 6.01 Å². The number of ether oxygens (including phenoxy) is 1. The lowest BCUT2D eigenvalue weighted by molar-refractivity contribution is -0.128. The van der Waals surface area contributed by atoms with Gasteiger partial charge in [-0.2, -0.15) is 9.97 Å². The summed E-state index contributed by atoms with van der Waals surface area (Å²) in [6.07, 6.45) is 4.35. The Morgan fingerprint density at radius 2 is 1.93 bits per heavy atom. The van der Waals surface area contributed by atoms with E-state index in [2.05, 4.69) is 89.5 Å². The van der Waals surface area contributed by atoms with Gasteiger partial charge in [-0.25, -0.2) is 6.57 Å². The second-order valence-corrected chi connectivity index (χ2v) is 12.5. The minimum atomic E-state index is -0.225. The molecule has 3 aliphatic rings. The second-order valence-electron chi connectivity index (χ2n) is 12.5. The van der Waals surface area contributed by atoms with E-state index >= 15 is 0 Å². The topological polar surface area (TPSA) is 69.4 Å². The maximum absolute atomic E-state index is 12.6. The number of carbonyl (C=O) groups is 1. The van der Waals surface area contributed by atoms with Gasteiger partial charge in [-0.3, -0.25) is 9.69 Å². The van der Waals surface area contributed by atoms with Crippen LogP contribution in [0.15, 0.2) is 55.1 Å². The number of anilines is 2. The average molecular weight is 580 g/mol. The van der Waals surface area contributed by atoms with Crippen LogP contribution in [0.4, 0.5) is 11.5 Å². The molecule has 2 saturated heterocycles. The van der Waals surface area contributed by atoms with Gasteiger partial charge < -0.3 is 24.3 Å². The molecule has 0 radical (unpaired) electrons.